The third-order valence-corrected chi connectivity index (χ3v) is 6.28. The molecule has 0 N–H and O–H groups in total. The molecular weight excluding hydrogens is 208 g/mol. The van der Waals surface area contributed by atoms with Crippen LogP contribution >= 0.6 is 0 Å². The fraction of sp³-hybridized carbons (Fsp3) is 1.00. The third kappa shape index (κ3) is 0.464. The Labute approximate surface area is 84.0 Å². The van der Waals surface area contributed by atoms with Crippen LogP contribution in [-0.4, -0.2) is 11.8 Å². The average molecular weight is 218 g/mol. The Kier molecular flexibility index (Phi) is 0.868. The van der Waals surface area contributed by atoms with Crippen LogP contribution in [0.5, 0.6) is 0 Å². The first-order chi connectivity index (χ1) is 6.97. The Balaban J connectivity index is 1.83. The third-order valence-electron chi connectivity index (χ3n) is 6.28. The highest BCUT2D eigenvalue weighted by atomic mass is 19.3. The Morgan fingerprint density at radius 2 is 1.07 bits per heavy atom. The monoisotopic (exact) mass is 218 g/mol. The van der Waals surface area contributed by atoms with E-state index in [1.165, 1.54) is 0 Å². The molecule has 5 fully saturated rings. The van der Waals surface area contributed by atoms with Gasteiger partial charge in [-0.25, -0.2) is 17.6 Å². The molecule has 5 aliphatic carbocycles. The van der Waals surface area contributed by atoms with Crippen molar-refractivity contribution in [3.63, 3.8) is 0 Å². The van der Waals surface area contributed by atoms with Gasteiger partial charge in [0.15, 0.2) is 0 Å². The van der Waals surface area contributed by atoms with Crippen molar-refractivity contribution in [1.82, 2.24) is 0 Å². The van der Waals surface area contributed by atoms with Crippen molar-refractivity contribution in [1.29, 1.82) is 0 Å². The van der Waals surface area contributed by atoms with Gasteiger partial charge in [0.1, 0.15) is 0 Å². The molecule has 5 aliphatic rings. The molecule has 0 amide bonds. The summed E-state index contributed by atoms with van der Waals surface area (Å²) in [5.74, 6) is -9.60. The lowest BCUT2D eigenvalue weighted by molar-refractivity contribution is -0.250. The molecule has 0 radical (unpaired) electrons. The van der Waals surface area contributed by atoms with E-state index in [-0.39, 0.29) is 23.7 Å². The van der Waals surface area contributed by atoms with E-state index < -0.39 is 35.5 Å². The van der Waals surface area contributed by atoms with E-state index in [9.17, 15) is 17.6 Å². The average Bonchev–Trinajstić information content (AvgIpc) is 2.52. The first-order valence-electron chi connectivity index (χ1n) is 5.73. The van der Waals surface area contributed by atoms with Crippen molar-refractivity contribution >= 4 is 0 Å². The van der Waals surface area contributed by atoms with Crippen molar-refractivity contribution < 1.29 is 17.6 Å². The van der Waals surface area contributed by atoms with Gasteiger partial charge in [-0.15, -0.1) is 0 Å². The lowest BCUT2D eigenvalue weighted by Crippen LogP contribution is -2.57. The molecule has 0 spiro atoms. The number of halogens is 4. The number of hydrogen-bond donors (Lipinski definition) is 0. The fourth-order valence-electron chi connectivity index (χ4n) is 6.33. The molecule has 5 saturated carbocycles. The highest BCUT2D eigenvalue weighted by molar-refractivity contribution is 5.34. The maximum Gasteiger partial charge on any atom is 0.255 e. The summed E-state index contributed by atoms with van der Waals surface area (Å²) in [4.78, 5) is 0. The fourth-order valence-corrected chi connectivity index (χ4v) is 6.33. The summed E-state index contributed by atoms with van der Waals surface area (Å²) in [6, 6.07) is 0. The predicted octanol–water partition coefficient (Wildman–Crippen LogP) is 2.64. The molecule has 4 heteroatoms. The summed E-state index contributed by atoms with van der Waals surface area (Å²) >= 11 is 0. The summed E-state index contributed by atoms with van der Waals surface area (Å²) < 4.78 is 55.6. The summed E-state index contributed by atoms with van der Waals surface area (Å²) in [5, 5.41) is 0. The summed E-state index contributed by atoms with van der Waals surface area (Å²) in [7, 11) is 0. The summed E-state index contributed by atoms with van der Waals surface area (Å²) in [6.45, 7) is 0. The van der Waals surface area contributed by atoms with Crippen LogP contribution in [0.15, 0.2) is 0 Å². The normalized spacial score (nSPS) is 72.8. The number of alkyl halides is 4. The molecule has 5 rings (SSSR count). The molecule has 0 aromatic rings. The van der Waals surface area contributed by atoms with Gasteiger partial charge in [-0.1, -0.05) is 0 Å². The second-order valence-electron chi connectivity index (χ2n) is 6.17. The topological polar surface area (TPSA) is 0 Å². The van der Waals surface area contributed by atoms with Gasteiger partial charge in [-0.05, 0) is 30.1 Å². The van der Waals surface area contributed by atoms with Gasteiger partial charge in [0, 0.05) is 23.7 Å². The Bertz CT molecular complexity index is 350. The maximum absolute atomic E-state index is 13.9. The minimum absolute atomic E-state index is 0.0374. The smallest absolute Gasteiger partial charge is 0.206 e. The van der Waals surface area contributed by atoms with Crippen LogP contribution in [0.4, 0.5) is 17.6 Å². The summed E-state index contributed by atoms with van der Waals surface area (Å²) in [5.41, 5.74) is 0. The molecule has 0 aromatic heterocycles. The molecule has 15 heavy (non-hydrogen) atoms. The van der Waals surface area contributed by atoms with Crippen molar-refractivity contribution in [3.8, 4) is 0 Å². The quantitative estimate of drug-likeness (QED) is 0.548. The van der Waals surface area contributed by atoms with E-state index in [0.717, 1.165) is 0 Å². The predicted molar refractivity (Wildman–Crippen MR) is 42.4 cm³/mol. The van der Waals surface area contributed by atoms with Gasteiger partial charge in [0.25, 0.3) is 11.8 Å². The lowest BCUT2D eigenvalue weighted by Gasteiger charge is -2.49. The highest BCUT2D eigenvalue weighted by Gasteiger charge is 2.93. The molecule has 0 heterocycles. The van der Waals surface area contributed by atoms with Crippen molar-refractivity contribution in [2.45, 2.75) is 18.3 Å². The Hall–Kier alpha value is -0.280. The zero-order valence-electron chi connectivity index (χ0n) is 7.84. The zero-order valence-corrected chi connectivity index (χ0v) is 7.84. The molecule has 0 aromatic carbocycles. The van der Waals surface area contributed by atoms with Crippen LogP contribution in [0.25, 0.3) is 0 Å². The molecule has 2 bridgehead atoms. The molecular formula is C11H10F4. The number of fused-ring (bicyclic) bond motifs is 2. The van der Waals surface area contributed by atoms with E-state index in [4.69, 9.17) is 0 Å². The van der Waals surface area contributed by atoms with Crippen molar-refractivity contribution in [2.24, 2.45) is 47.3 Å². The second-order valence-corrected chi connectivity index (χ2v) is 6.17. The minimum atomic E-state index is -2.77. The largest absolute Gasteiger partial charge is 0.255 e. The molecule has 8 atom stereocenters. The van der Waals surface area contributed by atoms with E-state index in [0.29, 0.717) is 6.42 Å². The lowest BCUT2D eigenvalue weighted by atomic mass is 9.58. The molecule has 0 aliphatic heterocycles. The van der Waals surface area contributed by atoms with Gasteiger partial charge < -0.3 is 0 Å². The zero-order chi connectivity index (χ0) is 10.3. The van der Waals surface area contributed by atoms with Crippen LogP contribution in [0, 0.1) is 47.3 Å². The SMILES string of the molecule is FC1(F)[C@@H]2[C@@H]3C[C@@H]4[C@@H]5[C@H]3[C@@H]1[C@H]5C(F)(F)[C@H]42. The number of rotatable bonds is 0. The van der Waals surface area contributed by atoms with Gasteiger partial charge in [-0.2, -0.15) is 0 Å². The highest BCUT2D eigenvalue weighted by Crippen LogP contribution is 2.89. The summed E-state index contributed by atoms with van der Waals surface area (Å²) in [6.07, 6.45) is 0.669. The van der Waals surface area contributed by atoms with E-state index in [2.05, 4.69) is 0 Å². The molecule has 0 nitrogen and oxygen atoms in total. The van der Waals surface area contributed by atoms with Crippen LogP contribution in [-0.2, 0) is 0 Å². The first kappa shape index (κ1) is 7.91. The van der Waals surface area contributed by atoms with Gasteiger partial charge in [0.2, 0.25) is 0 Å². The van der Waals surface area contributed by atoms with Crippen LogP contribution in [0.2, 0.25) is 0 Å². The van der Waals surface area contributed by atoms with E-state index >= 15 is 0 Å². The second kappa shape index (κ2) is 1.65. The minimum Gasteiger partial charge on any atom is -0.206 e. The number of hydrogen-bond acceptors (Lipinski definition) is 0. The van der Waals surface area contributed by atoms with Gasteiger partial charge in [-0.3, -0.25) is 0 Å². The Morgan fingerprint density at radius 1 is 0.667 bits per heavy atom. The Morgan fingerprint density at radius 3 is 1.47 bits per heavy atom. The first-order valence-corrected chi connectivity index (χ1v) is 5.73. The van der Waals surface area contributed by atoms with Crippen molar-refractivity contribution in [2.75, 3.05) is 0 Å². The molecule has 0 unspecified atom stereocenters. The van der Waals surface area contributed by atoms with Gasteiger partial charge in [0.05, 0.1) is 0 Å². The molecule has 82 valence electrons. The molecule has 0 saturated heterocycles. The standard InChI is InChI=1S/C11H10F4/c12-10(13)6-2-1-3-5-4(2)8(10)9(5)11(14,15)7(3)6/h2-9H,1H2/t2-,3-,4-,5+,6-,7-,8+,9-/m1/s1. The van der Waals surface area contributed by atoms with Crippen LogP contribution in [0.1, 0.15) is 6.42 Å². The van der Waals surface area contributed by atoms with Crippen molar-refractivity contribution in [3.05, 3.63) is 0 Å². The van der Waals surface area contributed by atoms with E-state index in [1.54, 1.807) is 0 Å². The van der Waals surface area contributed by atoms with Gasteiger partial charge >= 0.3 is 0 Å². The van der Waals surface area contributed by atoms with Crippen LogP contribution in [0.3, 0.4) is 0 Å². The maximum atomic E-state index is 13.9. The van der Waals surface area contributed by atoms with E-state index in [1.807, 2.05) is 0 Å². The van der Waals surface area contributed by atoms with Crippen LogP contribution < -0.4 is 0 Å².